The Bertz CT molecular complexity index is 864. The summed E-state index contributed by atoms with van der Waals surface area (Å²) in [7, 11) is 0. The molecule has 2 N–H and O–H groups in total. The quantitative estimate of drug-likeness (QED) is 0.787. The normalized spacial score (nSPS) is 14.4. The van der Waals surface area contributed by atoms with Crippen LogP contribution in [0.4, 0.5) is 0 Å². The van der Waals surface area contributed by atoms with E-state index in [0.717, 1.165) is 12.1 Å². The van der Waals surface area contributed by atoms with E-state index in [4.69, 9.17) is 0 Å². The van der Waals surface area contributed by atoms with Crippen LogP contribution in [0.15, 0.2) is 48.5 Å². The van der Waals surface area contributed by atoms with E-state index in [2.05, 4.69) is 46.3 Å². The van der Waals surface area contributed by atoms with Gasteiger partial charge >= 0.3 is 0 Å². The van der Waals surface area contributed by atoms with Crippen molar-refractivity contribution >= 4 is 5.91 Å². The zero-order valence-electron chi connectivity index (χ0n) is 16.7. The van der Waals surface area contributed by atoms with Crippen LogP contribution >= 0.6 is 0 Å². The first-order valence-electron chi connectivity index (χ1n) is 9.83. The zero-order chi connectivity index (χ0) is 20.0. The minimum Gasteiger partial charge on any atom is -0.378 e. The Labute approximate surface area is 167 Å². The van der Waals surface area contributed by atoms with Crippen molar-refractivity contribution in [1.82, 2.24) is 10.2 Å². The van der Waals surface area contributed by atoms with Crippen molar-refractivity contribution in [3.8, 4) is 11.8 Å². The molecule has 1 saturated heterocycles. The molecule has 0 aromatic heterocycles. The summed E-state index contributed by atoms with van der Waals surface area (Å²) in [5.74, 6) is 5.54. The summed E-state index contributed by atoms with van der Waals surface area (Å²) in [5, 5.41) is 12.7. The van der Waals surface area contributed by atoms with Gasteiger partial charge in [-0.15, -0.1) is 0 Å². The van der Waals surface area contributed by atoms with Crippen LogP contribution in [0.5, 0.6) is 0 Å². The molecule has 4 nitrogen and oxygen atoms in total. The van der Waals surface area contributed by atoms with Gasteiger partial charge < -0.3 is 10.4 Å². The Morgan fingerprint density at radius 3 is 2.46 bits per heavy atom. The molecule has 0 bridgehead atoms. The fraction of sp³-hybridized carbons (Fsp3) is 0.375. The number of nitrogens with zero attached hydrogens (tertiary/aromatic N) is 1. The number of carbonyl (C=O) groups is 1. The van der Waals surface area contributed by atoms with Crippen LogP contribution in [-0.2, 0) is 13.1 Å². The van der Waals surface area contributed by atoms with Crippen molar-refractivity contribution in [3.05, 3.63) is 70.8 Å². The number of rotatable bonds is 5. The average Bonchev–Trinajstić information content (AvgIpc) is 3.18. The van der Waals surface area contributed by atoms with Gasteiger partial charge in [-0.25, -0.2) is 0 Å². The Hall–Kier alpha value is -2.61. The van der Waals surface area contributed by atoms with Gasteiger partial charge in [0.2, 0.25) is 0 Å². The van der Waals surface area contributed by atoms with Crippen molar-refractivity contribution in [2.24, 2.45) is 0 Å². The van der Waals surface area contributed by atoms with Gasteiger partial charge in [0.05, 0.1) is 0 Å². The fourth-order valence-electron chi connectivity index (χ4n) is 3.21. The van der Waals surface area contributed by atoms with Crippen LogP contribution in [0.3, 0.4) is 0 Å². The number of amides is 1. The molecule has 1 fully saturated rings. The SMILES string of the molecule is CC(C)(O)C#Cc1cccc(C(=O)NCc2ccc(CN3CCCC3)cc2)c1. The number of hydrogen-bond acceptors (Lipinski definition) is 3. The number of benzene rings is 2. The lowest BCUT2D eigenvalue weighted by atomic mass is 10.1. The van der Waals surface area contributed by atoms with E-state index in [0.29, 0.717) is 17.7 Å². The maximum Gasteiger partial charge on any atom is 0.251 e. The summed E-state index contributed by atoms with van der Waals surface area (Å²) in [6.07, 6.45) is 2.60. The molecule has 0 atom stereocenters. The van der Waals surface area contributed by atoms with Gasteiger partial charge in [-0.05, 0) is 69.1 Å². The molecule has 28 heavy (non-hydrogen) atoms. The van der Waals surface area contributed by atoms with E-state index in [9.17, 15) is 9.90 Å². The molecular weight excluding hydrogens is 348 g/mol. The molecule has 0 saturated carbocycles. The van der Waals surface area contributed by atoms with Crippen molar-refractivity contribution in [3.63, 3.8) is 0 Å². The van der Waals surface area contributed by atoms with Gasteiger partial charge in [-0.2, -0.15) is 0 Å². The molecular formula is C24H28N2O2. The van der Waals surface area contributed by atoms with E-state index in [-0.39, 0.29) is 5.91 Å². The van der Waals surface area contributed by atoms with Crippen molar-refractivity contribution in [1.29, 1.82) is 0 Å². The number of likely N-dealkylation sites (tertiary alicyclic amines) is 1. The summed E-state index contributed by atoms with van der Waals surface area (Å²) >= 11 is 0. The molecule has 146 valence electrons. The van der Waals surface area contributed by atoms with Gasteiger partial charge in [0.15, 0.2) is 0 Å². The molecule has 1 aliphatic rings. The largest absolute Gasteiger partial charge is 0.378 e. The average molecular weight is 377 g/mol. The summed E-state index contributed by atoms with van der Waals surface area (Å²) in [4.78, 5) is 14.9. The smallest absolute Gasteiger partial charge is 0.251 e. The Morgan fingerprint density at radius 1 is 1.11 bits per heavy atom. The molecule has 3 rings (SSSR count). The van der Waals surface area contributed by atoms with Gasteiger partial charge in [0.25, 0.3) is 5.91 Å². The molecule has 0 radical (unpaired) electrons. The number of nitrogens with one attached hydrogen (secondary N) is 1. The molecule has 4 heteroatoms. The van der Waals surface area contributed by atoms with Crippen LogP contribution in [0.2, 0.25) is 0 Å². The van der Waals surface area contributed by atoms with Crippen molar-refractivity contribution in [2.45, 2.75) is 45.4 Å². The summed E-state index contributed by atoms with van der Waals surface area (Å²) < 4.78 is 0. The van der Waals surface area contributed by atoms with Crippen LogP contribution in [0.25, 0.3) is 0 Å². The first-order chi connectivity index (χ1) is 13.4. The van der Waals surface area contributed by atoms with E-state index in [1.807, 2.05) is 6.07 Å². The highest BCUT2D eigenvalue weighted by Crippen LogP contribution is 2.13. The molecule has 0 spiro atoms. The maximum atomic E-state index is 12.5. The second-order valence-corrected chi connectivity index (χ2v) is 7.87. The van der Waals surface area contributed by atoms with Crippen LogP contribution in [0.1, 0.15) is 53.7 Å². The summed E-state index contributed by atoms with van der Waals surface area (Å²) in [6, 6.07) is 15.6. The molecule has 1 aliphatic heterocycles. The third-order valence-corrected chi connectivity index (χ3v) is 4.72. The van der Waals surface area contributed by atoms with E-state index >= 15 is 0 Å². The highest BCUT2D eigenvalue weighted by molar-refractivity contribution is 5.94. The van der Waals surface area contributed by atoms with Gasteiger partial charge in [0, 0.05) is 24.2 Å². The molecule has 1 heterocycles. The Balaban J connectivity index is 1.55. The maximum absolute atomic E-state index is 12.5. The number of aliphatic hydroxyl groups is 1. The highest BCUT2D eigenvalue weighted by atomic mass is 16.3. The number of hydrogen-bond donors (Lipinski definition) is 2. The van der Waals surface area contributed by atoms with E-state index < -0.39 is 5.60 Å². The summed E-state index contributed by atoms with van der Waals surface area (Å²) in [6.45, 7) is 7.14. The van der Waals surface area contributed by atoms with Gasteiger partial charge in [-0.3, -0.25) is 9.69 Å². The second kappa shape index (κ2) is 9.05. The van der Waals surface area contributed by atoms with E-state index in [1.54, 1.807) is 32.0 Å². The molecule has 2 aromatic rings. The minimum absolute atomic E-state index is 0.131. The third-order valence-electron chi connectivity index (χ3n) is 4.72. The van der Waals surface area contributed by atoms with Gasteiger partial charge in [0.1, 0.15) is 5.60 Å². The number of carbonyl (C=O) groups excluding carboxylic acids is 1. The lowest BCUT2D eigenvalue weighted by molar-refractivity contribution is 0.0951. The van der Waals surface area contributed by atoms with Crippen LogP contribution in [-0.4, -0.2) is 34.6 Å². The molecule has 0 aliphatic carbocycles. The van der Waals surface area contributed by atoms with Crippen LogP contribution in [0, 0.1) is 11.8 Å². The monoisotopic (exact) mass is 376 g/mol. The lowest BCUT2D eigenvalue weighted by Crippen LogP contribution is -2.23. The topological polar surface area (TPSA) is 52.6 Å². The second-order valence-electron chi connectivity index (χ2n) is 7.87. The Morgan fingerprint density at radius 2 is 1.79 bits per heavy atom. The standard InChI is InChI=1S/C24H28N2O2/c1-24(2,28)13-12-19-6-5-7-22(16-19)23(27)25-17-20-8-10-21(11-9-20)18-26-14-3-4-15-26/h5-11,16,28H,3-4,14-15,17-18H2,1-2H3,(H,25,27). The van der Waals surface area contributed by atoms with Crippen molar-refractivity contribution in [2.75, 3.05) is 13.1 Å². The first-order valence-corrected chi connectivity index (χ1v) is 9.83. The van der Waals surface area contributed by atoms with Crippen molar-refractivity contribution < 1.29 is 9.90 Å². The van der Waals surface area contributed by atoms with E-state index in [1.165, 1.54) is 31.5 Å². The highest BCUT2D eigenvalue weighted by Gasteiger charge is 2.12. The lowest BCUT2D eigenvalue weighted by Gasteiger charge is -2.14. The molecule has 0 unspecified atom stereocenters. The minimum atomic E-state index is -1.06. The predicted octanol–water partition coefficient (Wildman–Crippen LogP) is 3.33. The third kappa shape index (κ3) is 6.23. The summed E-state index contributed by atoms with van der Waals surface area (Å²) in [5.41, 5.74) is 2.61. The Kier molecular flexibility index (Phi) is 6.51. The zero-order valence-corrected chi connectivity index (χ0v) is 16.7. The van der Waals surface area contributed by atoms with Crippen LogP contribution < -0.4 is 5.32 Å². The first kappa shape index (κ1) is 20.1. The molecule has 1 amide bonds. The fourth-order valence-corrected chi connectivity index (χ4v) is 3.21. The van der Waals surface area contributed by atoms with Gasteiger partial charge in [-0.1, -0.05) is 42.2 Å². The molecule has 2 aromatic carbocycles. The predicted molar refractivity (Wildman–Crippen MR) is 112 cm³/mol.